The fourth-order valence-corrected chi connectivity index (χ4v) is 1.92. The summed E-state index contributed by atoms with van der Waals surface area (Å²) in [6.45, 7) is 9.34. The van der Waals surface area contributed by atoms with Crippen LogP contribution in [0.1, 0.15) is 39.5 Å². The molecule has 0 spiro atoms. The van der Waals surface area contributed by atoms with E-state index in [-0.39, 0.29) is 0 Å². The van der Waals surface area contributed by atoms with Gasteiger partial charge in [0.1, 0.15) is 0 Å². The minimum Gasteiger partial charge on any atom is -0.310 e. The Hall–Kier alpha value is -0.300. The molecule has 1 heteroatoms. The van der Waals surface area contributed by atoms with Gasteiger partial charge in [-0.2, -0.15) is 0 Å². The van der Waals surface area contributed by atoms with E-state index in [2.05, 4.69) is 25.7 Å². The predicted molar refractivity (Wildman–Crippen MR) is 54.2 cm³/mol. The molecule has 1 saturated carbocycles. The summed E-state index contributed by atoms with van der Waals surface area (Å²) in [4.78, 5) is 0. The van der Waals surface area contributed by atoms with E-state index in [1.165, 1.54) is 31.3 Å². The minimum absolute atomic E-state index is 0.746. The summed E-state index contributed by atoms with van der Waals surface area (Å²) >= 11 is 0. The van der Waals surface area contributed by atoms with Crippen molar-refractivity contribution >= 4 is 0 Å². The van der Waals surface area contributed by atoms with Gasteiger partial charge in [-0.05, 0) is 25.7 Å². The Morgan fingerprint density at radius 1 is 1.42 bits per heavy atom. The highest BCUT2D eigenvalue weighted by atomic mass is 14.9. The highest BCUT2D eigenvalue weighted by Crippen LogP contribution is 2.23. The lowest BCUT2D eigenvalue weighted by molar-refractivity contribution is 0.287. The van der Waals surface area contributed by atoms with Gasteiger partial charge in [-0.1, -0.05) is 31.9 Å². The molecule has 2 atom stereocenters. The Morgan fingerprint density at radius 3 is 2.67 bits per heavy atom. The molecule has 0 aromatic carbocycles. The largest absolute Gasteiger partial charge is 0.310 e. The first kappa shape index (κ1) is 9.79. The third-order valence-electron chi connectivity index (χ3n) is 2.78. The van der Waals surface area contributed by atoms with Crippen molar-refractivity contribution in [3.05, 3.63) is 12.2 Å². The Balaban J connectivity index is 2.24. The maximum atomic E-state index is 3.90. The average Bonchev–Trinajstić information content (AvgIpc) is 2.03. The highest BCUT2D eigenvalue weighted by molar-refractivity contribution is 4.92. The molecule has 0 amide bonds. The molecule has 0 heterocycles. The van der Waals surface area contributed by atoms with Crippen LogP contribution in [-0.4, -0.2) is 12.6 Å². The Bertz CT molecular complexity index is 151. The molecule has 0 unspecified atom stereocenters. The van der Waals surface area contributed by atoms with E-state index in [0.29, 0.717) is 0 Å². The standard InChI is InChI=1S/C11H21N/c1-9(2)8-12-11-7-5-4-6-10(11)3/h10-12H,1,4-8H2,2-3H3/t10-,11-/m1/s1. The van der Waals surface area contributed by atoms with Crippen LogP contribution in [0.3, 0.4) is 0 Å². The zero-order chi connectivity index (χ0) is 8.97. The molecule has 1 aliphatic rings. The summed E-state index contributed by atoms with van der Waals surface area (Å²) < 4.78 is 0. The smallest absolute Gasteiger partial charge is 0.0161 e. The second kappa shape index (κ2) is 4.66. The zero-order valence-corrected chi connectivity index (χ0v) is 8.40. The predicted octanol–water partition coefficient (Wildman–Crippen LogP) is 2.73. The van der Waals surface area contributed by atoms with Gasteiger partial charge in [0.15, 0.2) is 0 Å². The monoisotopic (exact) mass is 167 g/mol. The highest BCUT2D eigenvalue weighted by Gasteiger charge is 2.19. The Labute approximate surface area is 76.2 Å². The third-order valence-corrected chi connectivity index (χ3v) is 2.78. The second-order valence-corrected chi connectivity index (χ2v) is 4.21. The average molecular weight is 167 g/mol. The number of rotatable bonds is 3. The van der Waals surface area contributed by atoms with Crippen LogP contribution in [0.15, 0.2) is 12.2 Å². The van der Waals surface area contributed by atoms with E-state index in [1.54, 1.807) is 0 Å². The van der Waals surface area contributed by atoms with Crippen LogP contribution in [-0.2, 0) is 0 Å². The van der Waals surface area contributed by atoms with Crippen molar-refractivity contribution in [3.8, 4) is 0 Å². The van der Waals surface area contributed by atoms with Crippen molar-refractivity contribution in [1.82, 2.24) is 5.32 Å². The van der Waals surface area contributed by atoms with E-state index in [0.717, 1.165) is 18.5 Å². The number of hydrogen-bond acceptors (Lipinski definition) is 1. The molecule has 0 aromatic rings. The van der Waals surface area contributed by atoms with Crippen molar-refractivity contribution in [1.29, 1.82) is 0 Å². The maximum Gasteiger partial charge on any atom is 0.0161 e. The molecular formula is C11H21N. The van der Waals surface area contributed by atoms with Gasteiger partial charge in [0.2, 0.25) is 0 Å². The number of hydrogen-bond donors (Lipinski definition) is 1. The molecule has 0 saturated heterocycles. The first-order chi connectivity index (χ1) is 5.70. The van der Waals surface area contributed by atoms with Crippen LogP contribution in [0.2, 0.25) is 0 Å². The van der Waals surface area contributed by atoms with Gasteiger partial charge in [0.05, 0.1) is 0 Å². The molecule has 0 bridgehead atoms. The molecule has 70 valence electrons. The van der Waals surface area contributed by atoms with Gasteiger partial charge in [0, 0.05) is 12.6 Å². The summed E-state index contributed by atoms with van der Waals surface area (Å²) in [5, 5.41) is 3.57. The van der Waals surface area contributed by atoms with Crippen LogP contribution < -0.4 is 5.32 Å². The molecule has 1 aliphatic carbocycles. The quantitative estimate of drug-likeness (QED) is 0.637. The van der Waals surface area contributed by atoms with Crippen LogP contribution in [0.4, 0.5) is 0 Å². The van der Waals surface area contributed by atoms with Gasteiger partial charge < -0.3 is 5.32 Å². The van der Waals surface area contributed by atoms with Gasteiger partial charge in [0.25, 0.3) is 0 Å². The van der Waals surface area contributed by atoms with Crippen molar-refractivity contribution in [2.24, 2.45) is 5.92 Å². The molecule has 1 rings (SSSR count). The summed E-state index contributed by atoms with van der Waals surface area (Å²) in [6.07, 6.45) is 5.58. The van der Waals surface area contributed by atoms with E-state index in [4.69, 9.17) is 0 Å². The molecule has 0 radical (unpaired) electrons. The molecule has 1 fully saturated rings. The minimum atomic E-state index is 0.746. The van der Waals surface area contributed by atoms with Crippen molar-refractivity contribution in [2.45, 2.75) is 45.6 Å². The summed E-state index contributed by atoms with van der Waals surface area (Å²) in [7, 11) is 0. The van der Waals surface area contributed by atoms with E-state index in [1.807, 2.05) is 0 Å². The molecule has 12 heavy (non-hydrogen) atoms. The lowest BCUT2D eigenvalue weighted by Crippen LogP contribution is -2.37. The van der Waals surface area contributed by atoms with E-state index < -0.39 is 0 Å². The van der Waals surface area contributed by atoms with E-state index >= 15 is 0 Å². The molecule has 0 aliphatic heterocycles. The summed E-state index contributed by atoms with van der Waals surface area (Å²) in [5.74, 6) is 0.859. The molecule has 1 N–H and O–H groups in total. The van der Waals surface area contributed by atoms with Gasteiger partial charge in [-0.3, -0.25) is 0 Å². The first-order valence-electron chi connectivity index (χ1n) is 5.08. The SMILES string of the molecule is C=C(C)CN[C@@H]1CCCC[C@H]1C. The summed E-state index contributed by atoms with van der Waals surface area (Å²) in [5.41, 5.74) is 1.24. The van der Waals surface area contributed by atoms with Crippen molar-refractivity contribution < 1.29 is 0 Å². The van der Waals surface area contributed by atoms with Crippen molar-refractivity contribution in [2.75, 3.05) is 6.54 Å². The molecular weight excluding hydrogens is 146 g/mol. The van der Waals surface area contributed by atoms with Crippen LogP contribution >= 0.6 is 0 Å². The van der Waals surface area contributed by atoms with Crippen molar-refractivity contribution in [3.63, 3.8) is 0 Å². The maximum absolute atomic E-state index is 3.90. The third kappa shape index (κ3) is 2.98. The van der Waals surface area contributed by atoms with Crippen LogP contribution in [0, 0.1) is 5.92 Å². The molecule has 0 aromatic heterocycles. The normalized spacial score (nSPS) is 30.2. The molecule has 1 nitrogen and oxygen atoms in total. The first-order valence-corrected chi connectivity index (χ1v) is 5.08. The van der Waals surface area contributed by atoms with Crippen LogP contribution in [0.5, 0.6) is 0 Å². The van der Waals surface area contributed by atoms with E-state index in [9.17, 15) is 0 Å². The van der Waals surface area contributed by atoms with Crippen LogP contribution in [0.25, 0.3) is 0 Å². The fraction of sp³-hybridized carbons (Fsp3) is 0.818. The fourth-order valence-electron chi connectivity index (χ4n) is 1.92. The lowest BCUT2D eigenvalue weighted by Gasteiger charge is -2.29. The van der Waals surface area contributed by atoms with Gasteiger partial charge >= 0.3 is 0 Å². The van der Waals surface area contributed by atoms with Gasteiger partial charge in [-0.15, -0.1) is 0 Å². The second-order valence-electron chi connectivity index (χ2n) is 4.21. The Kier molecular flexibility index (Phi) is 3.80. The number of nitrogens with one attached hydrogen (secondary N) is 1. The van der Waals surface area contributed by atoms with Gasteiger partial charge in [-0.25, -0.2) is 0 Å². The Morgan fingerprint density at radius 2 is 2.08 bits per heavy atom. The summed E-state index contributed by atoms with van der Waals surface area (Å²) in [6, 6.07) is 0.746. The zero-order valence-electron chi connectivity index (χ0n) is 8.40. The topological polar surface area (TPSA) is 12.0 Å². The lowest BCUT2D eigenvalue weighted by atomic mass is 9.86.